The van der Waals surface area contributed by atoms with Crippen LogP contribution in [0.15, 0.2) is 54.7 Å². The number of amides is 1. The van der Waals surface area contributed by atoms with Crippen molar-refractivity contribution in [3.63, 3.8) is 0 Å². The number of H-pyrrole nitrogens is 1. The summed E-state index contributed by atoms with van der Waals surface area (Å²) in [6.45, 7) is 1.72. The van der Waals surface area contributed by atoms with Crippen LogP contribution in [0, 0.1) is 0 Å². The molecule has 0 aliphatic carbocycles. The van der Waals surface area contributed by atoms with Crippen molar-refractivity contribution in [1.29, 1.82) is 0 Å². The second-order valence-electron chi connectivity index (χ2n) is 7.08. The minimum absolute atomic E-state index is 0.194. The van der Waals surface area contributed by atoms with Crippen molar-refractivity contribution in [1.82, 2.24) is 10.3 Å². The van der Waals surface area contributed by atoms with Gasteiger partial charge < -0.3 is 20.1 Å². The number of hydrogen-bond donors (Lipinski definition) is 3. The molecular formula is C22H24N2O4. The monoisotopic (exact) mass is 380 g/mol. The molecule has 0 aliphatic rings. The summed E-state index contributed by atoms with van der Waals surface area (Å²) in [4.78, 5) is 27.2. The first-order chi connectivity index (χ1) is 13.4. The zero-order valence-electron chi connectivity index (χ0n) is 16.0. The average molecular weight is 380 g/mol. The van der Waals surface area contributed by atoms with Gasteiger partial charge in [-0.2, -0.15) is 0 Å². The number of carbonyl (C=O) groups is 2. The third kappa shape index (κ3) is 4.52. The van der Waals surface area contributed by atoms with Crippen LogP contribution in [-0.2, 0) is 21.5 Å². The lowest BCUT2D eigenvalue weighted by molar-refractivity contribution is -0.139. The number of carbonyl (C=O) groups excluding carboxylic acids is 1. The largest absolute Gasteiger partial charge is 0.497 e. The van der Waals surface area contributed by atoms with Crippen molar-refractivity contribution in [2.75, 3.05) is 7.11 Å². The van der Waals surface area contributed by atoms with Gasteiger partial charge in [-0.15, -0.1) is 0 Å². The molecule has 3 aromatic rings. The number of aryl methyl sites for hydroxylation is 1. The van der Waals surface area contributed by atoms with Gasteiger partial charge in [0.05, 0.1) is 19.1 Å². The molecular weight excluding hydrogens is 356 g/mol. The van der Waals surface area contributed by atoms with Gasteiger partial charge in [0, 0.05) is 18.1 Å². The fourth-order valence-electron chi connectivity index (χ4n) is 3.37. The number of carboxylic acid groups (broad SMARTS) is 1. The molecule has 0 bridgehead atoms. The first-order valence-electron chi connectivity index (χ1n) is 9.13. The fraction of sp³-hybridized carbons (Fsp3) is 0.273. The molecule has 0 saturated heterocycles. The van der Waals surface area contributed by atoms with E-state index < -0.39 is 11.5 Å². The quantitative estimate of drug-likeness (QED) is 0.557. The van der Waals surface area contributed by atoms with E-state index in [-0.39, 0.29) is 18.7 Å². The van der Waals surface area contributed by atoms with Crippen LogP contribution >= 0.6 is 0 Å². The van der Waals surface area contributed by atoms with Gasteiger partial charge in [0.15, 0.2) is 0 Å². The molecule has 3 N–H and O–H groups in total. The van der Waals surface area contributed by atoms with Gasteiger partial charge in [0.2, 0.25) is 5.91 Å². The number of carboxylic acids is 1. The summed E-state index contributed by atoms with van der Waals surface area (Å²) in [5.41, 5.74) is 1.78. The second-order valence-corrected chi connectivity index (χ2v) is 7.08. The summed E-state index contributed by atoms with van der Waals surface area (Å²) < 4.78 is 5.23. The molecule has 2 aromatic carbocycles. The van der Waals surface area contributed by atoms with Crippen LogP contribution in [0.2, 0.25) is 0 Å². The molecule has 0 fully saturated rings. The third-order valence-corrected chi connectivity index (χ3v) is 4.89. The zero-order chi connectivity index (χ0) is 20.1. The topological polar surface area (TPSA) is 91.4 Å². The highest BCUT2D eigenvalue weighted by Gasteiger charge is 2.31. The minimum Gasteiger partial charge on any atom is -0.497 e. The number of rotatable bonds is 8. The molecule has 1 amide bonds. The molecule has 0 spiro atoms. The number of benzene rings is 2. The molecule has 6 heteroatoms. The van der Waals surface area contributed by atoms with E-state index in [9.17, 15) is 14.7 Å². The molecule has 28 heavy (non-hydrogen) atoms. The van der Waals surface area contributed by atoms with Crippen LogP contribution in [0.5, 0.6) is 5.75 Å². The summed E-state index contributed by atoms with van der Waals surface area (Å²) in [5, 5.41) is 13.4. The van der Waals surface area contributed by atoms with Gasteiger partial charge in [-0.25, -0.2) is 0 Å². The van der Waals surface area contributed by atoms with E-state index >= 15 is 0 Å². The van der Waals surface area contributed by atoms with E-state index in [0.29, 0.717) is 17.7 Å². The lowest BCUT2D eigenvalue weighted by Crippen LogP contribution is -2.45. The second kappa shape index (κ2) is 8.17. The highest BCUT2D eigenvalue weighted by atomic mass is 16.5. The summed E-state index contributed by atoms with van der Waals surface area (Å²) >= 11 is 0. The summed E-state index contributed by atoms with van der Waals surface area (Å²) in [6, 6.07) is 15.1. The third-order valence-electron chi connectivity index (χ3n) is 4.89. The van der Waals surface area contributed by atoms with E-state index in [4.69, 9.17) is 4.74 Å². The number of hydrogen-bond acceptors (Lipinski definition) is 3. The van der Waals surface area contributed by atoms with Gasteiger partial charge in [-0.3, -0.25) is 9.59 Å². The Bertz CT molecular complexity index is 995. The predicted molar refractivity (Wildman–Crippen MR) is 107 cm³/mol. The van der Waals surface area contributed by atoms with Crippen LogP contribution in [0.25, 0.3) is 10.9 Å². The smallest absolute Gasteiger partial charge is 0.306 e. The van der Waals surface area contributed by atoms with Crippen LogP contribution in [-0.4, -0.2) is 29.1 Å². The number of aliphatic carboxylic acids is 1. The Balaban J connectivity index is 1.72. The van der Waals surface area contributed by atoms with E-state index in [2.05, 4.69) is 16.4 Å². The molecule has 0 saturated carbocycles. The number of nitrogens with one attached hydrogen (secondary N) is 2. The molecule has 1 heterocycles. The van der Waals surface area contributed by atoms with Crippen LogP contribution in [0.4, 0.5) is 0 Å². The summed E-state index contributed by atoms with van der Waals surface area (Å²) in [5.74, 6) is -0.563. The molecule has 1 atom stereocenters. The first kappa shape index (κ1) is 19.5. The minimum atomic E-state index is -1.03. The van der Waals surface area contributed by atoms with Crippen molar-refractivity contribution in [2.24, 2.45) is 0 Å². The molecule has 0 aliphatic heterocycles. The van der Waals surface area contributed by atoms with Gasteiger partial charge in [0.1, 0.15) is 5.75 Å². The Hall–Kier alpha value is -3.28. The van der Waals surface area contributed by atoms with Crippen LogP contribution in [0.3, 0.4) is 0 Å². The van der Waals surface area contributed by atoms with E-state index in [1.54, 1.807) is 38.3 Å². The number of methoxy groups -OCH3 is 1. The zero-order valence-corrected chi connectivity index (χ0v) is 16.0. The van der Waals surface area contributed by atoms with Crippen molar-refractivity contribution in [3.8, 4) is 5.75 Å². The lowest BCUT2D eigenvalue weighted by Gasteiger charge is -2.30. The standard InChI is InChI=1S/C22H24N2O4/c1-22(14-21(26)27,17-4-3-5-18(13-17)28-2)24-20(25)9-7-15-6-8-19-16(12-15)10-11-23-19/h3-6,8,10-13,23H,7,9,14H2,1-2H3,(H,24,25)(H,26,27). The fourth-order valence-corrected chi connectivity index (χ4v) is 3.37. The average Bonchev–Trinajstić information content (AvgIpc) is 3.13. The van der Waals surface area contributed by atoms with Gasteiger partial charge >= 0.3 is 5.97 Å². The maximum atomic E-state index is 12.6. The van der Waals surface area contributed by atoms with E-state index in [0.717, 1.165) is 16.5 Å². The maximum Gasteiger partial charge on any atom is 0.306 e. The maximum absolute atomic E-state index is 12.6. The SMILES string of the molecule is COc1cccc(C(C)(CC(=O)O)NC(=O)CCc2ccc3[nH]ccc3c2)c1. The summed E-state index contributed by atoms with van der Waals surface area (Å²) in [6.07, 6.45) is 2.51. The Morgan fingerprint density at radius 1 is 1.18 bits per heavy atom. The van der Waals surface area contributed by atoms with Crippen LogP contribution in [0.1, 0.15) is 30.9 Å². The normalized spacial score (nSPS) is 13.1. The van der Waals surface area contributed by atoms with Crippen molar-refractivity contribution < 1.29 is 19.4 Å². The first-order valence-corrected chi connectivity index (χ1v) is 9.13. The number of fused-ring (bicyclic) bond motifs is 1. The van der Waals surface area contributed by atoms with Crippen molar-refractivity contribution in [2.45, 2.75) is 31.7 Å². The van der Waals surface area contributed by atoms with Gasteiger partial charge in [0.25, 0.3) is 0 Å². The molecule has 0 radical (unpaired) electrons. The highest BCUT2D eigenvalue weighted by Crippen LogP contribution is 2.28. The lowest BCUT2D eigenvalue weighted by atomic mass is 9.88. The van der Waals surface area contributed by atoms with Crippen molar-refractivity contribution >= 4 is 22.8 Å². The van der Waals surface area contributed by atoms with Crippen molar-refractivity contribution in [3.05, 3.63) is 65.9 Å². The molecule has 1 unspecified atom stereocenters. The Labute approximate surface area is 163 Å². The molecule has 6 nitrogen and oxygen atoms in total. The molecule has 1 aromatic heterocycles. The van der Waals surface area contributed by atoms with Gasteiger partial charge in [-0.05, 0) is 60.2 Å². The summed E-state index contributed by atoms with van der Waals surface area (Å²) in [7, 11) is 1.55. The number of ether oxygens (including phenoxy) is 1. The van der Waals surface area contributed by atoms with E-state index in [1.807, 2.05) is 24.4 Å². The Morgan fingerprint density at radius 2 is 2.00 bits per heavy atom. The van der Waals surface area contributed by atoms with E-state index in [1.165, 1.54) is 0 Å². The molecule has 3 rings (SSSR count). The number of aromatic amines is 1. The Morgan fingerprint density at radius 3 is 2.75 bits per heavy atom. The Kier molecular flexibility index (Phi) is 5.68. The highest BCUT2D eigenvalue weighted by molar-refractivity contribution is 5.81. The molecule has 146 valence electrons. The van der Waals surface area contributed by atoms with Crippen LogP contribution < -0.4 is 10.1 Å². The number of aromatic nitrogens is 1. The predicted octanol–water partition coefficient (Wildman–Crippen LogP) is 3.62. The van der Waals surface area contributed by atoms with Gasteiger partial charge in [-0.1, -0.05) is 18.2 Å².